The van der Waals surface area contributed by atoms with Crippen molar-refractivity contribution in [3.8, 4) is 0 Å². The Morgan fingerprint density at radius 3 is 2.41 bits per heavy atom. The Morgan fingerprint density at radius 1 is 1.04 bits per heavy atom. The lowest BCUT2D eigenvalue weighted by molar-refractivity contribution is -0.146. The molecule has 2 N–H and O–H groups in total. The number of hydrogen-bond acceptors (Lipinski definition) is 5. The first-order chi connectivity index (χ1) is 12.8. The van der Waals surface area contributed by atoms with Crippen LogP contribution in [0.3, 0.4) is 0 Å². The maximum Gasteiger partial charge on any atom is 0.453 e. The summed E-state index contributed by atoms with van der Waals surface area (Å²) in [6, 6.07) is 5.69. The van der Waals surface area contributed by atoms with Gasteiger partial charge < -0.3 is 10.6 Å². The highest BCUT2D eigenvalue weighted by molar-refractivity contribution is 5.94. The fourth-order valence-electron chi connectivity index (χ4n) is 2.23. The molecular weight excluding hydrogens is 375 g/mol. The van der Waals surface area contributed by atoms with Gasteiger partial charge in [0, 0.05) is 13.1 Å². The van der Waals surface area contributed by atoms with Crippen molar-refractivity contribution >= 4 is 17.4 Å². The number of nitrogens with one attached hydrogen (secondary N) is 2. The van der Waals surface area contributed by atoms with Gasteiger partial charge in [0.2, 0.25) is 0 Å². The van der Waals surface area contributed by atoms with Gasteiger partial charge >= 0.3 is 6.18 Å². The first-order valence-electron chi connectivity index (χ1n) is 7.53. The largest absolute Gasteiger partial charge is 0.453 e. The van der Waals surface area contributed by atoms with Gasteiger partial charge in [-0.25, -0.2) is 8.78 Å². The first-order valence-corrected chi connectivity index (χ1v) is 7.53. The Hall–Kier alpha value is -3.31. The standard InChI is InChI=1S/C15H11F5N6O/c16-8-2-1-3-9(17)12(8)13(27)22-7-6-21-10-4-5-11-23-24-14(15(18,19)20)26(11)25-10/h1-5H,6-7H2,(H,21,25)(H,22,27). The van der Waals surface area contributed by atoms with Crippen molar-refractivity contribution in [3.63, 3.8) is 0 Å². The van der Waals surface area contributed by atoms with Crippen LogP contribution >= 0.6 is 0 Å². The van der Waals surface area contributed by atoms with Crippen molar-refractivity contribution in [2.75, 3.05) is 18.4 Å². The second-order valence-electron chi connectivity index (χ2n) is 5.29. The Morgan fingerprint density at radius 2 is 1.74 bits per heavy atom. The van der Waals surface area contributed by atoms with Gasteiger partial charge in [-0.2, -0.15) is 17.7 Å². The summed E-state index contributed by atoms with van der Waals surface area (Å²) in [7, 11) is 0. The highest BCUT2D eigenvalue weighted by Gasteiger charge is 2.37. The zero-order valence-electron chi connectivity index (χ0n) is 13.4. The molecule has 0 aliphatic carbocycles. The van der Waals surface area contributed by atoms with Crippen molar-refractivity contribution in [2.24, 2.45) is 0 Å². The van der Waals surface area contributed by atoms with E-state index in [4.69, 9.17) is 0 Å². The third-order valence-electron chi connectivity index (χ3n) is 3.42. The molecule has 27 heavy (non-hydrogen) atoms. The van der Waals surface area contributed by atoms with Gasteiger partial charge in [-0.05, 0) is 24.3 Å². The number of carbonyl (C=O) groups excluding carboxylic acids is 1. The quantitative estimate of drug-likeness (QED) is 0.519. The molecule has 12 heteroatoms. The molecule has 0 aliphatic heterocycles. The highest BCUT2D eigenvalue weighted by atomic mass is 19.4. The van der Waals surface area contributed by atoms with E-state index in [1.807, 2.05) is 0 Å². The highest BCUT2D eigenvalue weighted by Crippen LogP contribution is 2.27. The molecule has 7 nitrogen and oxygen atoms in total. The topological polar surface area (TPSA) is 84.2 Å². The summed E-state index contributed by atoms with van der Waals surface area (Å²) in [5, 5.41) is 15.1. The van der Waals surface area contributed by atoms with Gasteiger partial charge in [0.15, 0.2) is 5.65 Å². The van der Waals surface area contributed by atoms with E-state index in [0.29, 0.717) is 4.52 Å². The van der Waals surface area contributed by atoms with Crippen LogP contribution in [0.1, 0.15) is 16.2 Å². The van der Waals surface area contributed by atoms with Gasteiger partial charge in [0.25, 0.3) is 11.7 Å². The van der Waals surface area contributed by atoms with E-state index in [9.17, 15) is 26.7 Å². The molecule has 0 radical (unpaired) electrons. The van der Waals surface area contributed by atoms with E-state index in [1.165, 1.54) is 12.1 Å². The Labute approximate surface area is 148 Å². The molecule has 1 aromatic carbocycles. The summed E-state index contributed by atoms with van der Waals surface area (Å²) in [5.74, 6) is -4.16. The molecule has 0 spiro atoms. The van der Waals surface area contributed by atoms with E-state index >= 15 is 0 Å². The number of carbonyl (C=O) groups is 1. The summed E-state index contributed by atoms with van der Waals surface area (Å²) in [5.41, 5.74) is -0.799. The molecule has 2 heterocycles. The van der Waals surface area contributed by atoms with Crippen LogP contribution in [-0.2, 0) is 6.18 Å². The molecule has 3 rings (SSSR count). The van der Waals surface area contributed by atoms with Crippen LogP contribution in [0, 0.1) is 11.6 Å². The normalized spacial score (nSPS) is 11.6. The van der Waals surface area contributed by atoms with Crippen LogP contribution in [0.4, 0.5) is 27.8 Å². The predicted molar refractivity (Wildman–Crippen MR) is 83.0 cm³/mol. The molecule has 3 aromatic rings. The summed E-state index contributed by atoms with van der Waals surface area (Å²) >= 11 is 0. The van der Waals surface area contributed by atoms with E-state index < -0.39 is 35.1 Å². The predicted octanol–water partition coefficient (Wildman–Crippen LogP) is 2.26. The summed E-state index contributed by atoms with van der Waals surface area (Å²) in [6.45, 7) is -0.00950. The van der Waals surface area contributed by atoms with Gasteiger partial charge in [0.05, 0.1) is 0 Å². The first kappa shape index (κ1) is 18.5. The number of aromatic nitrogens is 4. The lowest BCUT2D eigenvalue weighted by Crippen LogP contribution is -2.30. The fraction of sp³-hybridized carbons (Fsp3) is 0.200. The molecule has 2 aromatic heterocycles. The zero-order chi connectivity index (χ0) is 19.6. The lowest BCUT2D eigenvalue weighted by atomic mass is 10.2. The second kappa shape index (κ2) is 7.13. The molecule has 0 fully saturated rings. The van der Waals surface area contributed by atoms with Crippen molar-refractivity contribution in [2.45, 2.75) is 6.18 Å². The number of benzene rings is 1. The van der Waals surface area contributed by atoms with E-state index in [0.717, 1.165) is 18.2 Å². The minimum absolute atomic E-state index is 0.0454. The molecule has 0 saturated carbocycles. The fourth-order valence-corrected chi connectivity index (χ4v) is 2.23. The molecule has 0 aliphatic rings. The van der Waals surface area contributed by atoms with E-state index in [2.05, 4.69) is 25.9 Å². The second-order valence-corrected chi connectivity index (χ2v) is 5.29. The molecule has 0 unspecified atom stereocenters. The average Bonchev–Trinajstić information content (AvgIpc) is 3.02. The maximum atomic E-state index is 13.5. The van der Waals surface area contributed by atoms with Crippen molar-refractivity contribution in [1.82, 2.24) is 25.1 Å². The maximum absolute atomic E-state index is 13.5. The van der Waals surface area contributed by atoms with Crippen LogP contribution in [-0.4, -0.2) is 38.8 Å². The van der Waals surface area contributed by atoms with Crippen LogP contribution in [0.25, 0.3) is 5.65 Å². The van der Waals surface area contributed by atoms with Crippen molar-refractivity contribution < 1.29 is 26.7 Å². The number of nitrogens with zero attached hydrogens (tertiary/aromatic N) is 4. The SMILES string of the molecule is O=C(NCCNc1ccc2nnc(C(F)(F)F)n2n1)c1c(F)cccc1F. The lowest BCUT2D eigenvalue weighted by Gasteiger charge is -2.09. The third-order valence-corrected chi connectivity index (χ3v) is 3.42. The van der Waals surface area contributed by atoms with Crippen molar-refractivity contribution in [3.05, 3.63) is 53.4 Å². The smallest absolute Gasteiger partial charge is 0.367 e. The number of anilines is 1. The van der Waals surface area contributed by atoms with Gasteiger partial charge in [-0.1, -0.05) is 6.07 Å². The van der Waals surface area contributed by atoms with Crippen LogP contribution in [0.15, 0.2) is 30.3 Å². The number of alkyl halides is 3. The molecule has 1 amide bonds. The molecule has 0 bridgehead atoms. The van der Waals surface area contributed by atoms with Gasteiger partial charge in [-0.15, -0.1) is 15.3 Å². The molecule has 142 valence electrons. The molecule has 0 saturated heterocycles. The summed E-state index contributed by atoms with van der Waals surface area (Å²) in [6.07, 6.45) is -4.72. The van der Waals surface area contributed by atoms with Crippen molar-refractivity contribution in [1.29, 1.82) is 0 Å². The molecular formula is C15H11F5N6O. The van der Waals surface area contributed by atoms with Crippen LogP contribution in [0.5, 0.6) is 0 Å². The van der Waals surface area contributed by atoms with E-state index in [-0.39, 0.29) is 24.6 Å². The number of hydrogen-bond donors (Lipinski definition) is 2. The van der Waals surface area contributed by atoms with Crippen LogP contribution < -0.4 is 10.6 Å². The van der Waals surface area contributed by atoms with Crippen LogP contribution in [0.2, 0.25) is 0 Å². The van der Waals surface area contributed by atoms with Gasteiger partial charge in [0.1, 0.15) is 23.0 Å². The number of rotatable bonds is 5. The summed E-state index contributed by atoms with van der Waals surface area (Å²) in [4.78, 5) is 11.8. The Bertz CT molecular complexity index is 966. The van der Waals surface area contributed by atoms with Gasteiger partial charge in [-0.3, -0.25) is 4.79 Å². The molecule has 0 atom stereocenters. The summed E-state index contributed by atoms with van der Waals surface area (Å²) < 4.78 is 66.0. The monoisotopic (exact) mass is 386 g/mol. The Balaban J connectivity index is 1.62. The minimum atomic E-state index is -4.72. The van der Waals surface area contributed by atoms with E-state index in [1.54, 1.807) is 0 Å². The average molecular weight is 386 g/mol. The zero-order valence-corrected chi connectivity index (χ0v) is 13.4. The Kier molecular flexibility index (Phi) is 4.88. The number of amides is 1. The third kappa shape index (κ3) is 3.93. The number of halogens is 5. The number of fused-ring (bicyclic) bond motifs is 1. The minimum Gasteiger partial charge on any atom is -0.367 e.